The maximum atomic E-state index is 12.6. The quantitative estimate of drug-likeness (QED) is 0.746. The van der Waals surface area contributed by atoms with Crippen LogP contribution in [-0.2, 0) is 9.53 Å². The molecular weight excluding hydrogens is 374 g/mol. The Morgan fingerprint density at radius 3 is 2.63 bits per heavy atom. The van der Waals surface area contributed by atoms with Crippen molar-refractivity contribution < 1.29 is 19.4 Å². The zero-order valence-electron chi connectivity index (χ0n) is 15.2. The Kier molecular flexibility index (Phi) is 6.33. The highest BCUT2D eigenvalue weighted by Gasteiger charge is 2.38. The van der Waals surface area contributed by atoms with Crippen molar-refractivity contribution in [3.8, 4) is 0 Å². The van der Waals surface area contributed by atoms with Crippen molar-refractivity contribution >= 4 is 29.5 Å². The molecule has 148 valence electrons. The van der Waals surface area contributed by atoms with Gasteiger partial charge in [-0.3, -0.25) is 4.79 Å². The highest BCUT2D eigenvalue weighted by molar-refractivity contribution is 6.30. The van der Waals surface area contributed by atoms with E-state index in [2.05, 4.69) is 20.2 Å². The van der Waals surface area contributed by atoms with Gasteiger partial charge in [0.05, 0.1) is 30.1 Å². The van der Waals surface area contributed by atoms with Crippen molar-refractivity contribution in [2.75, 3.05) is 31.1 Å². The maximum absolute atomic E-state index is 12.6. The third-order valence-electron chi connectivity index (χ3n) is 4.90. The Morgan fingerprint density at radius 2 is 2.00 bits per heavy atom. The van der Waals surface area contributed by atoms with Gasteiger partial charge in [0.1, 0.15) is 6.10 Å². The van der Waals surface area contributed by atoms with Crippen LogP contribution in [0.25, 0.3) is 0 Å². The van der Waals surface area contributed by atoms with E-state index in [0.717, 1.165) is 25.9 Å². The minimum Gasteiger partial charge on any atom is -0.465 e. The topological polar surface area (TPSA) is 108 Å². The van der Waals surface area contributed by atoms with Crippen LogP contribution in [-0.4, -0.2) is 76.4 Å². The highest BCUT2D eigenvalue weighted by Crippen LogP contribution is 2.25. The van der Waals surface area contributed by atoms with Crippen LogP contribution in [0.15, 0.2) is 12.4 Å². The summed E-state index contributed by atoms with van der Waals surface area (Å²) in [6.45, 7) is 4.12. The van der Waals surface area contributed by atoms with Crippen LogP contribution in [0, 0.1) is 0 Å². The van der Waals surface area contributed by atoms with Gasteiger partial charge in [0.15, 0.2) is 0 Å². The standard InChI is InChI=1S/C17H24ClN5O4/c1-11(21-17(25)26)10-27-14-4-7-23(15(14)24)13-2-5-22(6-3-13)16-19-8-12(18)9-20-16/h8-9,11,13-14,21H,2-7,10H2,1H3,(H,25,26)/t11-,14+/m0/s1. The summed E-state index contributed by atoms with van der Waals surface area (Å²) in [6.07, 6.45) is 3.93. The number of carbonyl (C=O) groups is 2. The SMILES string of the molecule is C[C@@H](CO[C@@H]1CCN(C2CCN(c3ncc(Cl)cn3)CC2)C1=O)NC(=O)O. The van der Waals surface area contributed by atoms with Crippen molar-refractivity contribution in [3.63, 3.8) is 0 Å². The van der Waals surface area contributed by atoms with Gasteiger partial charge in [-0.2, -0.15) is 0 Å². The number of halogens is 1. The van der Waals surface area contributed by atoms with Crippen LogP contribution in [0.5, 0.6) is 0 Å². The van der Waals surface area contributed by atoms with E-state index in [4.69, 9.17) is 21.4 Å². The predicted octanol–water partition coefficient (Wildman–Crippen LogP) is 1.37. The molecule has 2 aliphatic heterocycles. The lowest BCUT2D eigenvalue weighted by atomic mass is 10.0. The number of amides is 2. The Hall–Kier alpha value is -2.13. The molecule has 2 saturated heterocycles. The van der Waals surface area contributed by atoms with Gasteiger partial charge in [-0.05, 0) is 19.8 Å². The number of anilines is 1. The van der Waals surface area contributed by atoms with Crippen LogP contribution in [0.3, 0.4) is 0 Å². The van der Waals surface area contributed by atoms with Crippen molar-refractivity contribution in [1.82, 2.24) is 20.2 Å². The average Bonchev–Trinajstić information content (AvgIpc) is 3.01. The molecule has 2 N–H and O–H groups in total. The van der Waals surface area contributed by atoms with Crippen LogP contribution in [0.1, 0.15) is 26.2 Å². The van der Waals surface area contributed by atoms with Crippen LogP contribution in [0.2, 0.25) is 5.02 Å². The minimum atomic E-state index is -1.10. The first-order chi connectivity index (χ1) is 12.9. The molecule has 27 heavy (non-hydrogen) atoms. The second kappa shape index (κ2) is 8.71. The Morgan fingerprint density at radius 1 is 1.33 bits per heavy atom. The number of ether oxygens (including phenoxy) is 1. The summed E-state index contributed by atoms with van der Waals surface area (Å²) in [5.41, 5.74) is 0. The van der Waals surface area contributed by atoms with Gasteiger partial charge >= 0.3 is 6.09 Å². The molecule has 0 aliphatic carbocycles. The zero-order valence-corrected chi connectivity index (χ0v) is 15.9. The molecule has 0 radical (unpaired) electrons. The van der Waals surface area contributed by atoms with Gasteiger partial charge < -0.3 is 25.0 Å². The molecule has 3 rings (SSSR count). The molecule has 1 aromatic rings. The van der Waals surface area contributed by atoms with Gasteiger partial charge in [-0.1, -0.05) is 11.6 Å². The van der Waals surface area contributed by atoms with Crippen LogP contribution >= 0.6 is 11.6 Å². The first-order valence-electron chi connectivity index (χ1n) is 9.08. The van der Waals surface area contributed by atoms with E-state index >= 15 is 0 Å². The Balaban J connectivity index is 1.47. The number of carboxylic acid groups (broad SMARTS) is 1. The summed E-state index contributed by atoms with van der Waals surface area (Å²) in [5.74, 6) is 0.658. The Labute approximate surface area is 162 Å². The summed E-state index contributed by atoms with van der Waals surface area (Å²) in [4.78, 5) is 35.7. The maximum Gasteiger partial charge on any atom is 0.404 e. The molecule has 1 aromatic heterocycles. The monoisotopic (exact) mass is 397 g/mol. The molecule has 2 amide bonds. The fourth-order valence-corrected chi connectivity index (χ4v) is 3.65. The fraction of sp³-hybridized carbons (Fsp3) is 0.647. The van der Waals surface area contributed by atoms with E-state index in [1.807, 2.05) is 4.90 Å². The number of nitrogens with zero attached hydrogens (tertiary/aromatic N) is 4. The van der Waals surface area contributed by atoms with E-state index in [9.17, 15) is 9.59 Å². The lowest BCUT2D eigenvalue weighted by Gasteiger charge is -2.36. The molecule has 2 fully saturated rings. The van der Waals surface area contributed by atoms with E-state index in [1.54, 1.807) is 19.3 Å². The van der Waals surface area contributed by atoms with E-state index < -0.39 is 12.2 Å². The number of hydrogen-bond acceptors (Lipinski definition) is 6. The summed E-state index contributed by atoms with van der Waals surface area (Å²) >= 11 is 5.83. The van der Waals surface area contributed by atoms with Crippen LogP contribution < -0.4 is 10.2 Å². The second-order valence-electron chi connectivity index (χ2n) is 6.91. The van der Waals surface area contributed by atoms with Gasteiger partial charge in [0.2, 0.25) is 5.95 Å². The van der Waals surface area contributed by atoms with Crippen molar-refractivity contribution in [2.24, 2.45) is 0 Å². The third kappa shape index (κ3) is 4.98. The Bertz CT molecular complexity index is 666. The molecule has 3 heterocycles. The molecular formula is C17H24ClN5O4. The molecule has 10 heteroatoms. The van der Waals surface area contributed by atoms with Gasteiger partial charge in [-0.25, -0.2) is 14.8 Å². The first-order valence-corrected chi connectivity index (χ1v) is 9.46. The number of aromatic nitrogens is 2. The summed E-state index contributed by atoms with van der Waals surface area (Å²) in [6, 6.07) is -0.170. The molecule has 0 spiro atoms. The van der Waals surface area contributed by atoms with Gasteiger partial charge in [0, 0.05) is 32.1 Å². The predicted molar refractivity (Wildman–Crippen MR) is 99.0 cm³/mol. The van der Waals surface area contributed by atoms with E-state index in [1.165, 1.54) is 0 Å². The van der Waals surface area contributed by atoms with Gasteiger partial charge in [-0.15, -0.1) is 0 Å². The summed E-state index contributed by atoms with van der Waals surface area (Å²) < 4.78 is 5.64. The lowest BCUT2D eigenvalue weighted by Crippen LogP contribution is -2.47. The van der Waals surface area contributed by atoms with Gasteiger partial charge in [0.25, 0.3) is 5.91 Å². The molecule has 0 saturated carbocycles. The smallest absolute Gasteiger partial charge is 0.404 e. The van der Waals surface area contributed by atoms with Crippen molar-refractivity contribution in [3.05, 3.63) is 17.4 Å². The van der Waals surface area contributed by atoms with E-state index in [-0.39, 0.29) is 24.6 Å². The molecule has 0 aromatic carbocycles. The number of piperidine rings is 1. The molecule has 9 nitrogen and oxygen atoms in total. The van der Waals surface area contributed by atoms with Crippen LogP contribution in [0.4, 0.5) is 10.7 Å². The normalized spacial score (nSPS) is 22.1. The number of carbonyl (C=O) groups excluding carboxylic acids is 1. The van der Waals surface area contributed by atoms with E-state index in [0.29, 0.717) is 23.9 Å². The largest absolute Gasteiger partial charge is 0.465 e. The number of likely N-dealkylation sites (tertiary alicyclic amines) is 1. The zero-order chi connectivity index (χ0) is 19.4. The molecule has 2 aliphatic rings. The first kappa shape index (κ1) is 19.6. The van der Waals surface area contributed by atoms with Crippen molar-refractivity contribution in [2.45, 2.75) is 44.4 Å². The molecule has 0 unspecified atom stereocenters. The summed E-state index contributed by atoms with van der Waals surface area (Å²) in [5, 5.41) is 11.5. The third-order valence-corrected chi connectivity index (χ3v) is 5.10. The molecule has 0 bridgehead atoms. The highest BCUT2D eigenvalue weighted by atomic mass is 35.5. The molecule has 2 atom stereocenters. The second-order valence-corrected chi connectivity index (χ2v) is 7.35. The number of hydrogen-bond donors (Lipinski definition) is 2. The minimum absolute atomic E-state index is 0.00119. The summed E-state index contributed by atoms with van der Waals surface area (Å²) in [7, 11) is 0. The fourth-order valence-electron chi connectivity index (χ4n) is 3.55. The van der Waals surface area contributed by atoms with Crippen molar-refractivity contribution in [1.29, 1.82) is 0 Å². The number of rotatable bonds is 6. The average molecular weight is 398 g/mol. The number of nitrogens with one attached hydrogen (secondary N) is 1. The lowest BCUT2D eigenvalue weighted by molar-refractivity contribution is -0.139.